The molecular weight excluding hydrogens is 360 g/mol. The van der Waals surface area contributed by atoms with E-state index in [9.17, 15) is 13.2 Å². The normalized spacial score (nSPS) is 15.6. The molecule has 0 saturated heterocycles. The van der Waals surface area contributed by atoms with Crippen molar-refractivity contribution in [1.29, 1.82) is 0 Å². The van der Waals surface area contributed by atoms with Crippen molar-refractivity contribution in [3.63, 3.8) is 0 Å². The number of amides is 1. The van der Waals surface area contributed by atoms with Crippen LogP contribution in [0.15, 0.2) is 65.1 Å². The van der Waals surface area contributed by atoms with Crippen molar-refractivity contribution >= 4 is 15.9 Å². The molecule has 1 aliphatic heterocycles. The van der Waals surface area contributed by atoms with Gasteiger partial charge in [-0.15, -0.1) is 0 Å². The highest BCUT2D eigenvalue weighted by Crippen LogP contribution is 2.28. The second kappa shape index (κ2) is 6.94. The zero-order valence-corrected chi connectivity index (χ0v) is 16.6. The number of hydrogen-bond acceptors (Lipinski definition) is 3. The lowest BCUT2D eigenvalue weighted by Crippen LogP contribution is -2.30. The number of carbonyl (C=O) groups excluding carboxylic acids is 1. The summed E-state index contributed by atoms with van der Waals surface area (Å²) in [6.45, 7) is 6.68. The lowest BCUT2D eigenvalue weighted by molar-refractivity contribution is -0.114. The lowest BCUT2D eigenvalue weighted by atomic mass is 9.86. The molecule has 2 N–H and O–H groups in total. The van der Waals surface area contributed by atoms with Gasteiger partial charge in [0.15, 0.2) is 0 Å². The van der Waals surface area contributed by atoms with Crippen LogP contribution in [0, 0.1) is 0 Å². The van der Waals surface area contributed by atoms with E-state index in [4.69, 9.17) is 5.73 Å². The van der Waals surface area contributed by atoms with Crippen molar-refractivity contribution in [3.05, 3.63) is 65.7 Å². The summed E-state index contributed by atoms with van der Waals surface area (Å²) in [5.41, 5.74) is 8.88. The van der Waals surface area contributed by atoms with Gasteiger partial charge < -0.3 is 5.73 Å². The third kappa shape index (κ3) is 3.96. The minimum atomic E-state index is -3.66. The number of sulfonamides is 1. The van der Waals surface area contributed by atoms with E-state index in [1.165, 1.54) is 9.87 Å². The number of primary amides is 1. The largest absolute Gasteiger partial charge is 0.366 e. The van der Waals surface area contributed by atoms with Gasteiger partial charge >= 0.3 is 0 Å². The molecule has 1 heterocycles. The molecule has 1 amide bonds. The lowest BCUT2D eigenvalue weighted by Gasteiger charge is -2.19. The molecule has 2 aromatic rings. The van der Waals surface area contributed by atoms with E-state index < -0.39 is 15.9 Å². The SMILES string of the molecule is CC(C)(C)c1ccc(-c2ccc(S(=O)(=O)N3CC=C(C(N)=O)C3)cc2)cc1. The van der Waals surface area contributed by atoms with Gasteiger partial charge in [-0.05, 0) is 34.2 Å². The van der Waals surface area contributed by atoms with E-state index in [0.29, 0.717) is 5.57 Å². The molecular formula is C21H24N2O3S. The summed E-state index contributed by atoms with van der Waals surface area (Å²) in [6.07, 6.45) is 1.56. The summed E-state index contributed by atoms with van der Waals surface area (Å²) in [7, 11) is -3.66. The zero-order chi connectivity index (χ0) is 19.8. The summed E-state index contributed by atoms with van der Waals surface area (Å²) in [5.74, 6) is -0.582. The smallest absolute Gasteiger partial charge is 0.245 e. The minimum absolute atomic E-state index is 0.0215. The van der Waals surface area contributed by atoms with Gasteiger partial charge in [0, 0.05) is 18.7 Å². The third-order valence-electron chi connectivity index (χ3n) is 4.78. The summed E-state index contributed by atoms with van der Waals surface area (Å²) >= 11 is 0. The predicted molar refractivity (Wildman–Crippen MR) is 107 cm³/mol. The zero-order valence-electron chi connectivity index (χ0n) is 15.8. The summed E-state index contributed by atoms with van der Waals surface area (Å²) in [5, 5.41) is 0. The van der Waals surface area contributed by atoms with Gasteiger partial charge in [-0.3, -0.25) is 4.79 Å². The molecule has 27 heavy (non-hydrogen) atoms. The van der Waals surface area contributed by atoms with Crippen LogP contribution in [0.1, 0.15) is 26.3 Å². The predicted octanol–water partition coefficient (Wildman–Crippen LogP) is 3.07. The Morgan fingerprint density at radius 2 is 1.48 bits per heavy atom. The summed E-state index contributed by atoms with van der Waals surface area (Å²) in [6, 6.07) is 15.1. The van der Waals surface area contributed by atoms with Gasteiger partial charge in [0.2, 0.25) is 15.9 Å². The van der Waals surface area contributed by atoms with Gasteiger partial charge in [0.1, 0.15) is 0 Å². The number of nitrogens with zero attached hydrogens (tertiary/aromatic N) is 1. The number of hydrogen-bond donors (Lipinski definition) is 1. The van der Waals surface area contributed by atoms with Crippen LogP contribution in [-0.4, -0.2) is 31.7 Å². The maximum Gasteiger partial charge on any atom is 0.245 e. The van der Waals surface area contributed by atoms with Crippen LogP contribution in [0.25, 0.3) is 11.1 Å². The van der Waals surface area contributed by atoms with E-state index in [1.54, 1.807) is 30.3 Å². The van der Waals surface area contributed by atoms with Crippen LogP contribution in [0.3, 0.4) is 0 Å². The molecule has 0 fully saturated rings. The van der Waals surface area contributed by atoms with E-state index >= 15 is 0 Å². The Hall–Kier alpha value is -2.44. The van der Waals surface area contributed by atoms with E-state index in [-0.39, 0.29) is 23.4 Å². The summed E-state index contributed by atoms with van der Waals surface area (Å²) < 4.78 is 26.7. The van der Waals surface area contributed by atoms with Gasteiger partial charge in [0.05, 0.1) is 4.90 Å². The number of rotatable bonds is 4. The highest BCUT2D eigenvalue weighted by atomic mass is 32.2. The number of carbonyl (C=O) groups is 1. The third-order valence-corrected chi connectivity index (χ3v) is 6.61. The van der Waals surface area contributed by atoms with Crippen LogP contribution in [0.5, 0.6) is 0 Å². The van der Waals surface area contributed by atoms with E-state index in [2.05, 4.69) is 32.9 Å². The molecule has 0 atom stereocenters. The fraction of sp³-hybridized carbons (Fsp3) is 0.286. The maximum atomic E-state index is 12.7. The second-order valence-corrected chi connectivity index (χ2v) is 9.68. The molecule has 0 saturated carbocycles. The summed E-state index contributed by atoms with van der Waals surface area (Å²) in [4.78, 5) is 11.4. The Morgan fingerprint density at radius 3 is 1.93 bits per heavy atom. The molecule has 0 aliphatic carbocycles. The van der Waals surface area contributed by atoms with Gasteiger partial charge in [-0.1, -0.05) is 63.2 Å². The first kappa shape index (κ1) is 19.3. The van der Waals surface area contributed by atoms with Crippen LogP contribution < -0.4 is 5.73 Å². The molecule has 0 radical (unpaired) electrons. The van der Waals surface area contributed by atoms with Gasteiger partial charge in [-0.25, -0.2) is 8.42 Å². The van der Waals surface area contributed by atoms with Crippen LogP contribution in [-0.2, 0) is 20.2 Å². The van der Waals surface area contributed by atoms with Crippen molar-refractivity contribution in [2.75, 3.05) is 13.1 Å². The Balaban J connectivity index is 1.80. The van der Waals surface area contributed by atoms with Gasteiger partial charge in [0.25, 0.3) is 0 Å². The van der Waals surface area contributed by atoms with Crippen LogP contribution in [0.4, 0.5) is 0 Å². The molecule has 6 heteroatoms. The van der Waals surface area contributed by atoms with Crippen molar-refractivity contribution < 1.29 is 13.2 Å². The topological polar surface area (TPSA) is 80.5 Å². The molecule has 142 valence electrons. The van der Waals surface area contributed by atoms with Crippen LogP contribution >= 0.6 is 0 Å². The quantitative estimate of drug-likeness (QED) is 0.880. The van der Waals surface area contributed by atoms with Crippen molar-refractivity contribution in [3.8, 4) is 11.1 Å². The average Bonchev–Trinajstić information content (AvgIpc) is 3.12. The Kier molecular flexibility index (Phi) is 4.97. The molecule has 0 spiro atoms. The first-order valence-electron chi connectivity index (χ1n) is 8.79. The number of nitrogens with two attached hydrogens (primary N) is 1. The molecule has 0 unspecified atom stereocenters. The van der Waals surface area contributed by atoms with Crippen molar-refractivity contribution in [2.24, 2.45) is 5.73 Å². The molecule has 5 nitrogen and oxygen atoms in total. The number of benzene rings is 2. The standard InChI is InChI=1S/C21H24N2O3S/c1-21(2,3)18-8-4-15(5-9-18)16-6-10-19(11-7-16)27(25,26)23-13-12-17(14-23)20(22)24/h4-12H,13-14H2,1-3H3,(H2,22,24). The molecule has 1 aliphatic rings. The van der Waals surface area contributed by atoms with Crippen molar-refractivity contribution in [1.82, 2.24) is 4.31 Å². The fourth-order valence-corrected chi connectivity index (χ4v) is 4.38. The molecule has 0 aromatic heterocycles. The first-order valence-corrected chi connectivity index (χ1v) is 10.2. The maximum absolute atomic E-state index is 12.7. The second-order valence-electron chi connectivity index (χ2n) is 7.74. The fourth-order valence-electron chi connectivity index (χ4n) is 3.02. The highest BCUT2D eigenvalue weighted by molar-refractivity contribution is 7.89. The minimum Gasteiger partial charge on any atom is -0.366 e. The average molecular weight is 385 g/mol. The molecule has 2 aromatic carbocycles. The monoisotopic (exact) mass is 384 g/mol. The van der Waals surface area contributed by atoms with Crippen molar-refractivity contribution in [2.45, 2.75) is 31.1 Å². The Morgan fingerprint density at radius 1 is 0.963 bits per heavy atom. The van der Waals surface area contributed by atoms with Gasteiger partial charge in [-0.2, -0.15) is 4.31 Å². The Bertz CT molecular complexity index is 983. The van der Waals surface area contributed by atoms with E-state index in [0.717, 1.165) is 11.1 Å². The highest BCUT2D eigenvalue weighted by Gasteiger charge is 2.29. The molecule has 3 rings (SSSR count). The van der Waals surface area contributed by atoms with E-state index in [1.807, 2.05) is 12.1 Å². The first-order chi connectivity index (χ1) is 12.6. The van der Waals surface area contributed by atoms with Crippen LogP contribution in [0.2, 0.25) is 0 Å². The Labute approximate surface area is 160 Å². The molecule has 0 bridgehead atoms.